The van der Waals surface area contributed by atoms with Crippen molar-refractivity contribution in [2.75, 3.05) is 32.9 Å². The normalized spacial score (nSPS) is 34.0. The highest BCUT2D eigenvalue weighted by Crippen LogP contribution is 2.47. The van der Waals surface area contributed by atoms with E-state index in [0.29, 0.717) is 37.9 Å². The van der Waals surface area contributed by atoms with Crippen molar-refractivity contribution in [1.29, 1.82) is 0 Å². The van der Waals surface area contributed by atoms with Crippen LogP contribution in [0.15, 0.2) is 18.2 Å². The van der Waals surface area contributed by atoms with Gasteiger partial charge in [0.05, 0.1) is 19.8 Å². The first-order valence-corrected chi connectivity index (χ1v) is 11.8. The van der Waals surface area contributed by atoms with Crippen LogP contribution in [0.3, 0.4) is 0 Å². The Morgan fingerprint density at radius 2 is 1.87 bits per heavy atom. The summed E-state index contributed by atoms with van der Waals surface area (Å²) < 4.78 is 30.9. The van der Waals surface area contributed by atoms with Crippen molar-refractivity contribution in [2.24, 2.45) is 0 Å². The Morgan fingerprint density at radius 3 is 2.58 bits per heavy atom. The van der Waals surface area contributed by atoms with Crippen LogP contribution < -0.4 is 4.74 Å². The van der Waals surface area contributed by atoms with E-state index in [4.69, 9.17) is 14.2 Å². The molecule has 0 N–H and O–H groups in total. The summed E-state index contributed by atoms with van der Waals surface area (Å²) in [5.74, 6) is 0.679. The molecule has 6 nitrogen and oxygen atoms in total. The minimum Gasteiger partial charge on any atom is -0.492 e. The van der Waals surface area contributed by atoms with Crippen molar-refractivity contribution in [2.45, 2.75) is 74.6 Å². The summed E-state index contributed by atoms with van der Waals surface area (Å²) in [6, 6.07) is 6.04. The molecule has 0 radical (unpaired) electrons. The highest BCUT2D eigenvalue weighted by atomic mass is 19.1. The molecule has 5 heterocycles. The number of rotatable bonds is 2. The predicted molar refractivity (Wildman–Crippen MR) is 112 cm³/mol. The maximum Gasteiger partial charge on any atom is 0.410 e. The standard InChI is InChI=1S/C24H31FN2O4/c25-16-1-4-22-21(11-16)24(15-30-22)6-8-26(9-7-24)19-12-17-2-3-18(13-19)27(17)23(28)31-20-5-10-29-14-20/h1,4,11,17-20H,2-3,5-10,12-15H2/t17?,18?,19?,20-/m0/s1. The quantitative estimate of drug-likeness (QED) is 0.719. The molecule has 7 heteroatoms. The summed E-state index contributed by atoms with van der Waals surface area (Å²) in [5, 5.41) is 0. The summed E-state index contributed by atoms with van der Waals surface area (Å²) in [5.41, 5.74) is 1.02. The Labute approximate surface area is 182 Å². The van der Waals surface area contributed by atoms with Gasteiger partial charge in [-0.3, -0.25) is 0 Å². The molecule has 5 aliphatic heterocycles. The van der Waals surface area contributed by atoms with Crippen LogP contribution in [-0.4, -0.2) is 73.0 Å². The van der Waals surface area contributed by atoms with Gasteiger partial charge in [0.25, 0.3) is 0 Å². The van der Waals surface area contributed by atoms with Gasteiger partial charge in [-0.15, -0.1) is 0 Å². The summed E-state index contributed by atoms with van der Waals surface area (Å²) in [6.07, 6.45) is 6.81. The largest absolute Gasteiger partial charge is 0.492 e. The smallest absolute Gasteiger partial charge is 0.410 e. The molecule has 4 saturated heterocycles. The number of nitrogens with zero attached hydrogens (tertiary/aromatic N) is 2. The molecule has 2 unspecified atom stereocenters. The van der Waals surface area contributed by atoms with Crippen LogP contribution in [-0.2, 0) is 14.9 Å². The SMILES string of the molecule is O=C(O[C@H]1CCOC1)N1C2CCC1CC(N1CCC3(CC1)COc1ccc(F)cc13)C2. The molecule has 5 aliphatic rings. The second kappa shape index (κ2) is 7.62. The number of hydrogen-bond acceptors (Lipinski definition) is 5. The number of amides is 1. The van der Waals surface area contributed by atoms with Gasteiger partial charge in [0.15, 0.2) is 0 Å². The number of likely N-dealkylation sites (tertiary alicyclic amines) is 1. The summed E-state index contributed by atoms with van der Waals surface area (Å²) in [7, 11) is 0. The van der Waals surface area contributed by atoms with Crippen LogP contribution in [0, 0.1) is 5.82 Å². The molecule has 4 fully saturated rings. The van der Waals surface area contributed by atoms with Crippen molar-refractivity contribution in [1.82, 2.24) is 9.80 Å². The predicted octanol–water partition coefficient (Wildman–Crippen LogP) is 3.47. The topological polar surface area (TPSA) is 51.2 Å². The third-order valence-corrected chi connectivity index (χ3v) is 8.36. The molecule has 1 aromatic rings. The first-order chi connectivity index (χ1) is 15.1. The zero-order chi connectivity index (χ0) is 21.0. The summed E-state index contributed by atoms with van der Waals surface area (Å²) in [6.45, 7) is 3.90. The average molecular weight is 431 g/mol. The Kier molecular flexibility index (Phi) is 4.87. The first-order valence-electron chi connectivity index (χ1n) is 11.8. The summed E-state index contributed by atoms with van der Waals surface area (Å²) in [4.78, 5) is 17.4. The monoisotopic (exact) mass is 430 g/mol. The molecule has 0 saturated carbocycles. The minimum absolute atomic E-state index is 0.0409. The second-order valence-corrected chi connectivity index (χ2v) is 10.0. The number of carbonyl (C=O) groups excluding carboxylic acids is 1. The lowest BCUT2D eigenvalue weighted by atomic mass is 9.74. The third-order valence-electron chi connectivity index (χ3n) is 8.36. The van der Waals surface area contributed by atoms with Gasteiger partial charge in [-0.25, -0.2) is 9.18 Å². The fraction of sp³-hybridized carbons (Fsp3) is 0.708. The summed E-state index contributed by atoms with van der Waals surface area (Å²) >= 11 is 0. The van der Waals surface area contributed by atoms with Crippen LogP contribution in [0.2, 0.25) is 0 Å². The molecule has 0 aliphatic carbocycles. The van der Waals surface area contributed by atoms with E-state index in [0.717, 1.165) is 69.3 Å². The number of carbonyl (C=O) groups is 1. The Morgan fingerprint density at radius 1 is 1.10 bits per heavy atom. The van der Waals surface area contributed by atoms with E-state index in [9.17, 15) is 9.18 Å². The van der Waals surface area contributed by atoms with Gasteiger partial charge in [0.1, 0.15) is 17.7 Å². The lowest BCUT2D eigenvalue weighted by Crippen LogP contribution is -2.55. The highest BCUT2D eigenvalue weighted by molar-refractivity contribution is 5.69. The van der Waals surface area contributed by atoms with Gasteiger partial charge in [-0.05, 0) is 69.8 Å². The van der Waals surface area contributed by atoms with Crippen molar-refractivity contribution >= 4 is 6.09 Å². The van der Waals surface area contributed by atoms with Crippen LogP contribution in [0.4, 0.5) is 9.18 Å². The number of ether oxygens (including phenoxy) is 3. The van der Waals surface area contributed by atoms with E-state index in [1.807, 2.05) is 4.90 Å². The van der Waals surface area contributed by atoms with E-state index in [1.165, 1.54) is 6.07 Å². The van der Waals surface area contributed by atoms with Crippen LogP contribution in [0.1, 0.15) is 50.5 Å². The number of hydrogen-bond donors (Lipinski definition) is 0. The zero-order valence-electron chi connectivity index (χ0n) is 17.9. The van der Waals surface area contributed by atoms with Crippen LogP contribution >= 0.6 is 0 Å². The molecule has 2 bridgehead atoms. The van der Waals surface area contributed by atoms with Gasteiger partial charge < -0.3 is 24.0 Å². The van der Waals surface area contributed by atoms with Crippen molar-refractivity contribution in [3.05, 3.63) is 29.6 Å². The lowest BCUT2D eigenvalue weighted by molar-refractivity contribution is 0.00806. The number of halogens is 1. The Hall–Kier alpha value is -1.86. The fourth-order valence-corrected chi connectivity index (χ4v) is 6.62. The molecule has 0 aromatic heterocycles. The van der Waals surface area contributed by atoms with Crippen molar-refractivity contribution < 1.29 is 23.4 Å². The molecule has 31 heavy (non-hydrogen) atoms. The molecule has 1 amide bonds. The van der Waals surface area contributed by atoms with Gasteiger partial charge >= 0.3 is 6.09 Å². The lowest BCUT2D eigenvalue weighted by Gasteiger charge is -2.47. The second-order valence-electron chi connectivity index (χ2n) is 10.0. The van der Waals surface area contributed by atoms with Gasteiger partial charge in [-0.2, -0.15) is 0 Å². The number of benzene rings is 1. The third kappa shape index (κ3) is 3.41. The van der Waals surface area contributed by atoms with Crippen LogP contribution in [0.25, 0.3) is 0 Å². The molecular formula is C24H31FN2O4. The minimum atomic E-state index is -0.175. The van der Waals surface area contributed by atoms with E-state index in [-0.39, 0.29) is 23.4 Å². The molecule has 6 rings (SSSR count). The molecular weight excluding hydrogens is 399 g/mol. The van der Waals surface area contributed by atoms with E-state index in [2.05, 4.69) is 4.90 Å². The van der Waals surface area contributed by atoms with E-state index in [1.54, 1.807) is 12.1 Å². The van der Waals surface area contributed by atoms with Gasteiger partial charge in [0.2, 0.25) is 0 Å². The zero-order valence-corrected chi connectivity index (χ0v) is 17.9. The van der Waals surface area contributed by atoms with Gasteiger partial charge in [-0.1, -0.05) is 0 Å². The number of fused-ring (bicyclic) bond motifs is 4. The molecule has 168 valence electrons. The molecule has 1 spiro atoms. The first kappa shape index (κ1) is 19.8. The van der Waals surface area contributed by atoms with Crippen molar-refractivity contribution in [3.8, 4) is 5.75 Å². The molecule has 3 atom stereocenters. The Balaban J connectivity index is 1.09. The average Bonchev–Trinajstić information content (AvgIpc) is 3.47. The van der Waals surface area contributed by atoms with E-state index < -0.39 is 0 Å². The van der Waals surface area contributed by atoms with Gasteiger partial charge in [0, 0.05) is 35.5 Å². The molecule has 1 aromatic carbocycles. The maximum atomic E-state index is 13.9. The van der Waals surface area contributed by atoms with Crippen molar-refractivity contribution in [3.63, 3.8) is 0 Å². The maximum absolute atomic E-state index is 13.9. The Bertz CT molecular complexity index is 836. The highest BCUT2D eigenvalue weighted by Gasteiger charge is 2.49. The fourth-order valence-electron chi connectivity index (χ4n) is 6.62. The number of piperidine rings is 2. The van der Waals surface area contributed by atoms with Crippen LogP contribution in [0.5, 0.6) is 5.75 Å². The van der Waals surface area contributed by atoms with E-state index >= 15 is 0 Å².